The molecule has 0 radical (unpaired) electrons. The molecule has 0 N–H and O–H groups in total. The number of hydrogen-bond acceptors (Lipinski definition) is 3. The van der Waals surface area contributed by atoms with Crippen molar-refractivity contribution in [3.05, 3.63) is 64.6 Å². The Morgan fingerprint density at radius 2 is 2.06 bits per heavy atom. The van der Waals surface area contributed by atoms with Crippen molar-refractivity contribution in [3.8, 4) is 0 Å². The molecule has 3 heterocycles. The van der Waals surface area contributed by atoms with Crippen LogP contribution in [0.1, 0.15) is 47.8 Å². The van der Waals surface area contributed by atoms with E-state index in [0.717, 1.165) is 49.1 Å². The first-order valence-electron chi connectivity index (χ1n) is 11.4. The molecule has 0 saturated heterocycles. The molecule has 4 rings (SSSR count). The van der Waals surface area contributed by atoms with Crippen LogP contribution in [0.3, 0.4) is 0 Å². The van der Waals surface area contributed by atoms with E-state index in [2.05, 4.69) is 53.9 Å². The monoisotopic (exact) mass is 420 g/mol. The van der Waals surface area contributed by atoms with Gasteiger partial charge in [-0.2, -0.15) is 0 Å². The van der Waals surface area contributed by atoms with Crippen molar-refractivity contribution < 1.29 is 14.0 Å². The summed E-state index contributed by atoms with van der Waals surface area (Å²) in [6.07, 6.45) is 5.29. The van der Waals surface area contributed by atoms with Crippen molar-refractivity contribution in [1.82, 2.24) is 9.55 Å². The van der Waals surface area contributed by atoms with Gasteiger partial charge in [-0.1, -0.05) is 24.6 Å². The maximum Gasteiger partial charge on any atom is 0.310 e. The predicted octanol–water partition coefficient (Wildman–Crippen LogP) is 4.70. The number of fused-ring (bicyclic) bond motifs is 3. The first-order valence-corrected chi connectivity index (χ1v) is 11.4. The molecular weight excluding hydrogens is 386 g/mol. The van der Waals surface area contributed by atoms with Gasteiger partial charge in [-0.05, 0) is 50.5 Å². The number of rotatable bonds is 7. The number of esters is 1. The fraction of sp³-hybridized carbons (Fsp3) is 0.462. The molecule has 2 aromatic heterocycles. The Kier molecular flexibility index (Phi) is 6.15. The van der Waals surface area contributed by atoms with Crippen molar-refractivity contribution in [2.45, 2.75) is 59.5 Å². The summed E-state index contributed by atoms with van der Waals surface area (Å²) in [6.45, 7) is 9.47. The Morgan fingerprint density at radius 1 is 1.23 bits per heavy atom. The number of benzene rings is 1. The van der Waals surface area contributed by atoms with Crippen LogP contribution in [0.5, 0.6) is 0 Å². The molecule has 31 heavy (non-hydrogen) atoms. The summed E-state index contributed by atoms with van der Waals surface area (Å²) in [7, 11) is 2.21. The zero-order valence-corrected chi connectivity index (χ0v) is 19.3. The quantitative estimate of drug-likeness (QED) is 0.411. The fourth-order valence-electron chi connectivity index (χ4n) is 4.65. The van der Waals surface area contributed by atoms with Gasteiger partial charge in [0.2, 0.25) is 6.73 Å². The molecule has 1 aliphatic rings. The molecule has 1 atom stereocenters. The fourth-order valence-corrected chi connectivity index (χ4v) is 4.65. The lowest BCUT2D eigenvalue weighted by Crippen LogP contribution is -2.49. The van der Waals surface area contributed by atoms with Gasteiger partial charge in [0.05, 0.1) is 13.6 Å². The van der Waals surface area contributed by atoms with E-state index in [1.165, 1.54) is 33.3 Å². The van der Waals surface area contributed by atoms with Crippen LogP contribution >= 0.6 is 0 Å². The molecule has 1 unspecified atom stereocenters. The summed E-state index contributed by atoms with van der Waals surface area (Å²) in [5.41, 5.74) is 7.78. The van der Waals surface area contributed by atoms with Crippen LogP contribution in [0.4, 0.5) is 0 Å². The van der Waals surface area contributed by atoms with E-state index in [1.54, 1.807) is 0 Å². The van der Waals surface area contributed by atoms with Gasteiger partial charge in [-0.15, -0.1) is 0 Å². The summed E-state index contributed by atoms with van der Waals surface area (Å²) in [5.74, 6) is -0.0855. The highest BCUT2D eigenvalue weighted by atomic mass is 16.5. The van der Waals surface area contributed by atoms with E-state index in [-0.39, 0.29) is 5.97 Å². The first-order chi connectivity index (χ1) is 14.9. The van der Waals surface area contributed by atoms with E-state index in [1.807, 2.05) is 20.0 Å². The minimum atomic E-state index is -0.0855. The average Bonchev–Trinajstić information content (AvgIpc) is 3.04. The Hall–Kier alpha value is -2.66. The van der Waals surface area contributed by atoms with Crippen LogP contribution in [-0.2, 0) is 35.5 Å². The van der Waals surface area contributed by atoms with E-state index in [9.17, 15) is 4.79 Å². The Morgan fingerprint density at radius 3 is 2.81 bits per heavy atom. The molecule has 0 fully saturated rings. The van der Waals surface area contributed by atoms with Crippen molar-refractivity contribution in [3.63, 3.8) is 0 Å². The van der Waals surface area contributed by atoms with Crippen LogP contribution in [0, 0.1) is 13.8 Å². The number of likely N-dealkylation sites (N-methyl/N-ethyl adjacent to an activating group) is 1. The number of quaternary nitrogens is 1. The summed E-state index contributed by atoms with van der Waals surface area (Å²) in [4.78, 5) is 16.4. The largest absolute Gasteiger partial charge is 0.415 e. The lowest BCUT2D eigenvalue weighted by atomic mass is 10.0. The topological polar surface area (TPSA) is 44.1 Å². The van der Waals surface area contributed by atoms with Crippen molar-refractivity contribution in [1.29, 1.82) is 0 Å². The first kappa shape index (κ1) is 21.6. The zero-order chi connectivity index (χ0) is 22.0. The predicted molar refractivity (Wildman–Crippen MR) is 124 cm³/mol. The van der Waals surface area contributed by atoms with Gasteiger partial charge in [0.25, 0.3) is 0 Å². The van der Waals surface area contributed by atoms with E-state index < -0.39 is 0 Å². The standard InChI is InChI=1S/C26H34N3O2/c1-5-6-26(30)31-18-29(4)14-12-25-23(17-29)22-15-19(2)7-10-24(22)28(25)13-11-21-9-8-20(3)27-16-21/h7-10,15-16H,5-6,11-14,17-18H2,1-4H3/q+1. The Balaban J connectivity index is 1.61. The SMILES string of the molecule is CCCC(=O)OC[N+]1(C)CCc2c(c3cc(C)ccc3n2CCc2ccc(C)nc2)C1. The molecule has 5 heteroatoms. The number of carbonyl (C=O) groups is 1. The average molecular weight is 421 g/mol. The van der Waals surface area contributed by atoms with Gasteiger partial charge in [-0.25, -0.2) is 0 Å². The van der Waals surface area contributed by atoms with Crippen LogP contribution in [0.25, 0.3) is 10.9 Å². The van der Waals surface area contributed by atoms with Crippen molar-refractivity contribution in [2.75, 3.05) is 20.3 Å². The number of ether oxygens (including phenoxy) is 1. The van der Waals surface area contributed by atoms with Gasteiger partial charge in [-0.3, -0.25) is 14.3 Å². The lowest BCUT2D eigenvalue weighted by Gasteiger charge is -2.37. The third kappa shape index (κ3) is 4.67. The minimum Gasteiger partial charge on any atom is -0.415 e. The number of carbonyl (C=O) groups excluding carboxylic acids is 1. The highest BCUT2D eigenvalue weighted by Gasteiger charge is 2.33. The molecule has 0 bridgehead atoms. The number of aryl methyl sites for hydroxylation is 4. The summed E-state index contributed by atoms with van der Waals surface area (Å²) in [6, 6.07) is 11.1. The third-order valence-corrected chi connectivity index (χ3v) is 6.46. The van der Waals surface area contributed by atoms with Gasteiger partial charge in [0.15, 0.2) is 0 Å². The van der Waals surface area contributed by atoms with E-state index in [4.69, 9.17) is 4.74 Å². The normalized spacial score (nSPS) is 18.2. The molecule has 0 amide bonds. The second-order valence-corrected chi connectivity index (χ2v) is 9.30. The number of hydrogen-bond donors (Lipinski definition) is 0. The molecule has 5 nitrogen and oxygen atoms in total. The maximum absolute atomic E-state index is 11.9. The lowest BCUT2D eigenvalue weighted by molar-refractivity contribution is -0.940. The minimum absolute atomic E-state index is 0.0855. The molecule has 164 valence electrons. The Labute approximate surface area is 185 Å². The molecule has 0 saturated carbocycles. The van der Waals surface area contributed by atoms with Gasteiger partial charge in [0, 0.05) is 53.4 Å². The Bertz CT molecular complexity index is 1080. The smallest absolute Gasteiger partial charge is 0.310 e. The van der Waals surface area contributed by atoms with Gasteiger partial charge in [0.1, 0.15) is 6.54 Å². The van der Waals surface area contributed by atoms with Gasteiger partial charge < -0.3 is 9.30 Å². The number of aromatic nitrogens is 2. The second kappa shape index (κ2) is 8.83. The molecule has 1 aliphatic heterocycles. The van der Waals surface area contributed by atoms with Crippen LogP contribution < -0.4 is 0 Å². The van der Waals surface area contributed by atoms with Crippen LogP contribution in [0.15, 0.2) is 36.5 Å². The van der Waals surface area contributed by atoms with Crippen LogP contribution in [-0.4, -0.2) is 40.3 Å². The summed E-state index contributed by atoms with van der Waals surface area (Å²) in [5, 5.41) is 1.35. The zero-order valence-electron chi connectivity index (χ0n) is 19.3. The third-order valence-electron chi connectivity index (χ3n) is 6.46. The van der Waals surface area contributed by atoms with Crippen LogP contribution in [0.2, 0.25) is 0 Å². The molecule has 1 aromatic carbocycles. The molecule has 3 aromatic rings. The second-order valence-electron chi connectivity index (χ2n) is 9.30. The van der Waals surface area contributed by atoms with Crippen molar-refractivity contribution >= 4 is 16.9 Å². The number of pyridine rings is 1. The molecular formula is C26H34N3O2+. The molecule has 0 aliphatic carbocycles. The number of nitrogens with zero attached hydrogens (tertiary/aromatic N) is 3. The summed E-state index contributed by atoms with van der Waals surface area (Å²) >= 11 is 0. The highest BCUT2D eigenvalue weighted by molar-refractivity contribution is 5.86. The summed E-state index contributed by atoms with van der Waals surface area (Å²) < 4.78 is 8.87. The maximum atomic E-state index is 11.9. The molecule has 0 spiro atoms. The van der Waals surface area contributed by atoms with Crippen molar-refractivity contribution in [2.24, 2.45) is 0 Å². The van der Waals surface area contributed by atoms with E-state index in [0.29, 0.717) is 13.2 Å². The van der Waals surface area contributed by atoms with Gasteiger partial charge >= 0.3 is 5.97 Å². The van der Waals surface area contributed by atoms with E-state index >= 15 is 0 Å². The highest BCUT2D eigenvalue weighted by Crippen LogP contribution is 2.34.